The minimum absolute atomic E-state index is 0.149. The maximum atomic E-state index is 14.2. The molecule has 2 fully saturated rings. The van der Waals surface area contributed by atoms with Crippen LogP contribution in [0.4, 0.5) is 13.2 Å². The highest BCUT2D eigenvalue weighted by molar-refractivity contribution is 9.10. The standard InChI is InChI=1S/C28H32BrF3N4O5S/c1-15-4-3-11-33-21(15)25(27(39)7-9-28(31,32)10-8-27)42-26-24(40-2)22(23(38)20(14-37)41-26)36-13-19(34-35-36)16-5-6-17(29)18(30)12-16/h3-6,11-13,20,22-26,37-39H,7-10,14H2,1-2H3/t20-,22+,23+,24-,25-,26+/m1/s1. The number of aliphatic hydroxyl groups is 3. The van der Waals surface area contributed by atoms with Crippen molar-refractivity contribution in [2.24, 2.45) is 0 Å². The van der Waals surface area contributed by atoms with E-state index in [1.165, 1.54) is 17.9 Å². The molecule has 9 nitrogen and oxygen atoms in total. The van der Waals surface area contributed by atoms with Gasteiger partial charge in [0.05, 0.1) is 33.8 Å². The molecule has 0 bridgehead atoms. The molecule has 1 aliphatic carbocycles. The summed E-state index contributed by atoms with van der Waals surface area (Å²) >= 11 is 4.28. The zero-order valence-electron chi connectivity index (χ0n) is 22.9. The molecule has 1 saturated heterocycles. The molecule has 42 heavy (non-hydrogen) atoms. The highest BCUT2D eigenvalue weighted by Crippen LogP contribution is 2.53. The van der Waals surface area contributed by atoms with E-state index in [1.807, 2.05) is 13.0 Å². The number of aryl methyl sites for hydroxylation is 1. The van der Waals surface area contributed by atoms with Crippen molar-refractivity contribution >= 4 is 27.7 Å². The number of aliphatic hydroxyl groups excluding tert-OH is 2. The van der Waals surface area contributed by atoms with Gasteiger partial charge in [0.15, 0.2) is 0 Å². The third-order valence-electron chi connectivity index (χ3n) is 8.03. The van der Waals surface area contributed by atoms with Crippen molar-refractivity contribution < 1.29 is 38.0 Å². The van der Waals surface area contributed by atoms with E-state index in [9.17, 15) is 28.5 Å². The summed E-state index contributed by atoms with van der Waals surface area (Å²) in [6.45, 7) is 1.30. The predicted molar refractivity (Wildman–Crippen MR) is 152 cm³/mol. The van der Waals surface area contributed by atoms with Crippen LogP contribution in [0.2, 0.25) is 0 Å². The summed E-state index contributed by atoms with van der Waals surface area (Å²) < 4.78 is 56.1. The lowest BCUT2D eigenvalue weighted by atomic mass is 9.79. The lowest BCUT2D eigenvalue weighted by Crippen LogP contribution is -2.56. The minimum atomic E-state index is -2.86. The average Bonchev–Trinajstić information content (AvgIpc) is 3.45. The molecule has 1 aliphatic heterocycles. The van der Waals surface area contributed by atoms with Crippen molar-refractivity contribution in [1.29, 1.82) is 0 Å². The van der Waals surface area contributed by atoms with Gasteiger partial charge in [0.1, 0.15) is 41.3 Å². The number of ether oxygens (including phenoxy) is 2. The molecule has 3 aromatic rings. The van der Waals surface area contributed by atoms with Crippen LogP contribution in [-0.4, -0.2) is 84.3 Å². The van der Waals surface area contributed by atoms with Crippen LogP contribution < -0.4 is 0 Å². The molecule has 5 rings (SSSR count). The normalized spacial score (nSPS) is 28.0. The Hall–Kier alpha value is -2.07. The second kappa shape index (κ2) is 12.5. The molecule has 14 heteroatoms. The zero-order valence-corrected chi connectivity index (χ0v) is 25.3. The first-order valence-electron chi connectivity index (χ1n) is 13.5. The first kappa shape index (κ1) is 31.4. The Morgan fingerprint density at radius 1 is 1.24 bits per heavy atom. The van der Waals surface area contributed by atoms with E-state index in [2.05, 4.69) is 31.2 Å². The van der Waals surface area contributed by atoms with Crippen LogP contribution in [0.25, 0.3) is 11.3 Å². The molecule has 2 aliphatic rings. The number of aromatic nitrogens is 4. The lowest BCUT2D eigenvalue weighted by Gasteiger charge is -2.47. The third-order valence-corrected chi connectivity index (χ3v) is 10.3. The number of halogens is 4. The molecule has 3 N–H and O–H groups in total. The van der Waals surface area contributed by atoms with Crippen molar-refractivity contribution in [1.82, 2.24) is 20.0 Å². The van der Waals surface area contributed by atoms with Gasteiger partial charge in [0, 0.05) is 31.7 Å². The summed E-state index contributed by atoms with van der Waals surface area (Å²) in [6.07, 6.45) is -1.34. The molecule has 0 spiro atoms. The van der Waals surface area contributed by atoms with Gasteiger partial charge in [-0.2, -0.15) is 0 Å². The van der Waals surface area contributed by atoms with Gasteiger partial charge in [-0.05, 0) is 59.5 Å². The maximum Gasteiger partial charge on any atom is 0.248 e. The monoisotopic (exact) mass is 672 g/mol. The number of nitrogens with zero attached hydrogens (tertiary/aromatic N) is 4. The number of benzene rings is 1. The van der Waals surface area contributed by atoms with Gasteiger partial charge in [0.2, 0.25) is 5.92 Å². The molecule has 2 aromatic heterocycles. The van der Waals surface area contributed by atoms with E-state index in [0.717, 1.165) is 17.3 Å². The second-order valence-electron chi connectivity index (χ2n) is 10.8. The molecule has 6 atom stereocenters. The average molecular weight is 674 g/mol. The van der Waals surface area contributed by atoms with Crippen LogP contribution in [0.5, 0.6) is 0 Å². The summed E-state index contributed by atoms with van der Waals surface area (Å²) in [6, 6.07) is 7.19. The minimum Gasteiger partial charge on any atom is -0.394 e. The number of hydrogen-bond acceptors (Lipinski definition) is 9. The van der Waals surface area contributed by atoms with Crippen molar-refractivity contribution in [3.05, 3.63) is 64.3 Å². The second-order valence-corrected chi connectivity index (χ2v) is 12.9. The van der Waals surface area contributed by atoms with E-state index < -0.39 is 71.8 Å². The van der Waals surface area contributed by atoms with Gasteiger partial charge < -0.3 is 24.8 Å². The van der Waals surface area contributed by atoms with Crippen LogP contribution in [0.15, 0.2) is 47.2 Å². The van der Waals surface area contributed by atoms with E-state index in [0.29, 0.717) is 21.4 Å². The highest BCUT2D eigenvalue weighted by Gasteiger charge is 2.53. The van der Waals surface area contributed by atoms with E-state index in [1.54, 1.807) is 30.6 Å². The molecule has 0 radical (unpaired) electrons. The summed E-state index contributed by atoms with van der Waals surface area (Å²) in [4.78, 5) is 4.51. The Morgan fingerprint density at radius 2 is 1.98 bits per heavy atom. The molecule has 1 saturated carbocycles. The summed E-state index contributed by atoms with van der Waals surface area (Å²) in [5.74, 6) is -3.34. The Bertz CT molecular complexity index is 1390. The van der Waals surface area contributed by atoms with E-state index in [-0.39, 0.29) is 12.8 Å². The number of hydrogen-bond donors (Lipinski definition) is 3. The number of alkyl halides is 2. The molecule has 0 unspecified atom stereocenters. The van der Waals surface area contributed by atoms with Gasteiger partial charge in [-0.15, -0.1) is 16.9 Å². The molecular weight excluding hydrogens is 641 g/mol. The molecular formula is C28H32BrF3N4O5S. The maximum absolute atomic E-state index is 14.2. The van der Waals surface area contributed by atoms with Crippen LogP contribution >= 0.6 is 27.7 Å². The first-order valence-corrected chi connectivity index (χ1v) is 15.2. The van der Waals surface area contributed by atoms with Gasteiger partial charge in [0.25, 0.3) is 0 Å². The largest absolute Gasteiger partial charge is 0.394 e. The number of pyridine rings is 1. The summed E-state index contributed by atoms with van der Waals surface area (Å²) in [7, 11) is 1.43. The van der Waals surface area contributed by atoms with Crippen molar-refractivity contribution in [3.8, 4) is 11.3 Å². The van der Waals surface area contributed by atoms with Gasteiger partial charge in [-0.1, -0.05) is 17.3 Å². The number of methoxy groups -OCH3 is 1. The topological polar surface area (TPSA) is 123 Å². The fraction of sp³-hybridized carbons (Fsp3) is 0.536. The van der Waals surface area contributed by atoms with Crippen molar-refractivity contribution in [2.45, 2.75) is 79.2 Å². The third kappa shape index (κ3) is 6.26. The van der Waals surface area contributed by atoms with Gasteiger partial charge >= 0.3 is 0 Å². The predicted octanol–water partition coefficient (Wildman–Crippen LogP) is 4.60. The fourth-order valence-corrected chi connectivity index (χ4v) is 7.61. The Kier molecular flexibility index (Phi) is 9.33. The van der Waals surface area contributed by atoms with Gasteiger partial charge in [-0.3, -0.25) is 4.98 Å². The molecule has 0 amide bonds. The van der Waals surface area contributed by atoms with Crippen LogP contribution in [0.1, 0.15) is 48.2 Å². The summed E-state index contributed by atoms with van der Waals surface area (Å²) in [5.41, 5.74) is -0.320. The van der Waals surface area contributed by atoms with E-state index >= 15 is 0 Å². The van der Waals surface area contributed by atoms with E-state index in [4.69, 9.17) is 9.47 Å². The molecule has 228 valence electrons. The summed E-state index contributed by atoms with van der Waals surface area (Å²) in [5, 5.41) is 40.7. The SMILES string of the molecule is CO[C@@H]1[C@@H](n2cc(-c3ccc(Br)c(F)c3)nn2)[C@@H](O)[C@@H](CO)O[C@H]1S[C@H](c1ncccc1C)C1(O)CCC(F)(F)CC1. The lowest BCUT2D eigenvalue weighted by molar-refractivity contribution is -0.186. The Balaban J connectivity index is 1.50. The van der Waals surface area contributed by atoms with Crippen LogP contribution in [-0.2, 0) is 9.47 Å². The molecule has 1 aromatic carbocycles. The fourth-order valence-electron chi connectivity index (χ4n) is 5.60. The van der Waals surface area contributed by atoms with Crippen molar-refractivity contribution in [3.63, 3.8) is 0 Å². The quantitative estimate of drug-likeness (QED) is 0.315. The highest BCUT2D eigenvalue weighted by atomic mass is 79.9. The molecule has 3 heterocycles. The Labute approximate surface area is 253 Å². The Morgan fingerprint density at radius 3 is 2.62 bits per heavy atom. The smallest absolute Gasteiger partial charge is 0.248 e. The van der Waals surface area contributed by atoms with Crippen LogP contribution in [0, 0.1) is 12.7 Å². The van der Waals surface area contributed by atoms with Gasteiger partial charge in [-0.25, -0.2) is 17.9 Å². The first-order chi connectivity index (χ1) is 20.0. The van der Waals surface area contributed by atoms with Crippen LogP contribution in [0.3, 0.4) is 0 Å². The zero-order chi connectivity index (χ0) is 30.2. The van der Waals surface area contributed by atoms with Crippen molar-refractivity contribution in [2.75, 3.05) is 13.7 Å². The number of thioether (sulfide) groups is 1. The number of rotatable bonds is 8.